The highest BCUT2D eigenvalue weighted by atomic mass is 16.2. The third-order valence-corrected chi connectivity index (χ3v) is 7.85. The summed E-state index contributed by atoms with van der Waals surface area (Å²) >= 11 is 0. The number of amides is 1. The minimum Gasteiger partial charge on any atom is -0.383 e. The number of carbonyl (C=O) groups is 2. The molecule has 202 valence electrons. The highest BCUT2D eigenvalue weighted by Crippen LogP contribution is 2.45. The number of anilines is 1. The van der Waals surface area contributed by atoms with Crippen LogP contribution < -0.4 is 5.73 Å². The highest BCUT2D eigenvalue weighted by Gasteiger charge is 2.45. The van der Waals surface area contributed by atoms with Gasteiger partial charge in [0.25, 0.3) is 5.91 Å². The van der Waals surface area contributed by atoms with E-state index in [0.717, 1.165) is 24.0 Å². The lowest BCUT2D eigenvalue weighted by Gasteiger charge is -2.38. The predicted molar refractivity (Wildman–Crippen MR) is 140 cm³/mol. The van der Waals surface area contributed by atoms with Crippen LogP contribution in [0.4, 0.5) is 5.82 Å². The van der Waals surface area contributed by atoms with Crippen LogP contribution in [0.15, 0.2) is 30.9 Å². The zero-order valence-electron chi connectivity index (χ0n) is 21.8. The number of hydrogen-bond acceptors (Lipinski definition) is 11. The molecule has 0 unspecified atom stereocenters. The quantitative estimate of drug-likeness (QED) is 0.307. The molecule has 5 aromatic rings. The topological polar surface area (TPSA) is 192 Å². The molecular formula is C25H25N13O2. The number of nitrogens with one attached hydrogen (secondary N) is 1. The Kier molecular flexibility index (Phi) is 5.40. The second-order valence-electron chi connectivity index (χ2n) is 10.2. The predicted octanol–water partition coefficient (Wildman–Crippen LogP) is 1.44. The Balaban J connectivity index is 1.26. The van der Waals surface area contributed by atoms with Crippen LogP contribution in [0.5, 0.6) is 0 Å². The molecule has 2 bridgehead atoms. The first-order chi connectivity index (χ1) is 19.4. The van der Waals surface area contributed by atoms with Gasteiger partial charge in [-0.3, -0.25) is 14.6 Å². The molecule has 2 aliphatic heterocycles. The van der Waals surface area contributed by atoms with Crippen molar-refractivity contribution in [2.75, 3.05) is 5.73 Å². The van der Waals surface area contributed by atoms with E-state index in [0.29, 0.717) is 41.3 Å². The summed E-state index contributed by atoms with van der Waals surface area (Å²) < 4.78 is 1.50. The zero-order chi connectivity index (χ0) is 27.5. The number of Topliss-reactive ketones (excluding diaryl/α,β-unsaturated/α-hetero) is 1. The number of aryl methyl sites for hydroxylation is 1. The van der Waals surface area contributed by atoms with Crippen molar-refractivity contribution in [3.05, 3.63) is 47.9 Å². The first-order valence-corrected chi connectivity index (χ1v) is 13.0. The number of piperidine rings is 1. The van der Waals surface area contributed by atoms with Gasteiger partial charge in [-0.2, -0.15) is 14.4 Å². The van der Waals surface area contributed by atoms with E-state index < -0.39 is 0 Å². The van der Waals surface area contributed by atoms with E-state index in [1.165, 1.54) is 22.6 Å². The second-order valence-corrected chi connectivity index (χ2v) is 10.2. The summed E-state index contributed by atoms with van der Waals surface area (Å²) in [6, 6.07) is 3.72. The van der Waals surface area contributed by atoms with Crippen molar-refractivity contribution in [3.8, 4) is 22.6 Å². The molecule has 0 aliphatic carbocycles. The van der Waals surface area contributed by atoms with Crippen molar-refractivity contribution in [2.24, 2.45) is 7.05 Å². The van der Waals surface area contributed by atoms with E-state index in [1.807, 2.05) is 17.0 Å². The fourth-order valence-corrected chi connectivity index (χ4v) is 6.13. The van der Waals surface area contributed by atoms with Gasteiger partial charge in [-0.1, -0.05) is 6.07 Å². The summed E-state index contributed by atoms with van der Waals surface area (Å²) in [5.41, 5.74) is 10.2. The number of pyridine rings is 1. The van der Waals surface area contributed by atoms with Crippen molar-refractivity contribution in [1.82, 2.24) is 59.9 Å². The minimum absolute atomic E-state index is 0.0104. The summed E-state index contributed by atoms with van der Waals surface area (Å²) in [5, 5.41) is 24.2. The van der Waals surface area contributed by atoms with E-state index in [1.54, 1.807) is 19.4 Å². The van der Waals surface area contributed by atoms with Gasteiger partial charge < -0.3 is 15.6 Å². The van der Waals surface area contributed by atoms with Gasteiger partial charge in [-0.15, -0.1) is 20.4 Å². The number of carbonyl (C=O) groups excluding carboxylic acids is 2. The first-order valence-electron chi connectivity index (χ1n) is 13.0. The molecule has 0 radical (unpaired) electrons. The minimum atomic E-state index is -0.172. The molecule has 2 saturated heterocycles. The van der Waals surface area contributed by atoms with E-state index in [-0.39, 0.29) is 41.3 Å². The Morgan fingerprint density at radius 1 is 1.10 bits per heavy atom. The number of ketones is 1. The number of H-pyrrole nitrogens is 1. The van der Waals surface area contributed by atoms with Crippen molar-refractivity contribution in [2.45, 2.75) is 50.6 Å². The molecule has 1 amide bonds. The molecule has 0 spiro atoms. The standard InChI is InChI=1S/C25H25N13O2/c1-12(39)19-20(14-7-15-4-5-16(8-14)37(15)25(40)23-28-11-29-32-23)31-24-17(10-30-38(24)21(19)26)13-3-6-18(27-9-13)22-33-35-36(2)34-22/h3,6,9-11,14-16H,4-5,7-8,26H2,1-2H3,(H,28,29,32)/t14-,15-,16+. The summed E-state index contributed by atoms with van der Waals surface area (Å²) in [5.74, 6) is 0.542. The van der Waals surface area contributed by atoms with Crippen LogP contribution in [0.2, 0.25) is 0 Å². The third kappa shape index (κ3) is 3.72. The van der Waals surface area contributed by atoms with Crippen LogP contribution in [-0.2, 0) is 7.05 Å². The number of rotatable bonds is 5. The Morgan fingerprint density at radius 2 is 1.90 bits per heavy atom. The number of aromatic nitrogens is 11. The zero-order valence-corrected chi connectivity index (χ0v) is 21.8. The molecule has 15 heteroatoms. The molecule has 40 heavy (non-hydrogen) atoms. The summed E-state index contributed by atoms with van der Waals surface area (Å²) in [6.07, 6.45) is 7.88. The molecule has 3 atom stereocenters. The van der Waals surface area contributed by atoms with E-state index in [9.17, 15) is 9.59 Å². The van der Waals surface area contributed by atoms with Gasteiger partial charge in [0, 0.05) is 35.3 Å². The maximum Gasteiger partial charge on any atom is 0.292 e. The average molecular weight is 540 g/mol. The van der Waals surface area contributed by atoms with Gasteiger partial charge >= 0.3 is 0 Å². The lowest BCUT2D eigenvalue weighted by atomic mass is 9.85. The Morgan fingerprint density at radius 3 is 2.52 bits per heavy atom. The Labute approximate surface area is 226 Å². The fourth-order valence-electron chi connectivity index (χ4n) is 6.13. The molecule has 7 heterocycles. The van der Waals surface area contributed by atoms with Gasteiger partial charge in [0.05, 0.1) is 24.5 Å². The van der Waals surface area contributed by atoms with Crippen LogP contribution in [0.3, 0.4) is 0 Å². The number of fused-ring (bicyclic) bond motifs is 3. The third-order valence-electron chi connectivity index (χ3n) is 7.85. The number of tetrazole rings is 1. The van der Waals surface area contributed by atoms with Gasteiger partial charge in [0.1, 0.15) is 17.8 Å². The van der Waals surface area contributed by atoms with Gasteiger partial charge in [-0.05, 0) is 43.9 Å². The number of hydrogen-bond donors (Lipinski definition) is 2. The van der Waals surface area contributed by atoms with Crippen molar-refractivity contribution in [3.63, 3.8) is 0 Å². The van der Waals surface area contributed by atoms with Crippen molar-refractivity contribution >= 4 is 23.2 Å². The molecule has 5 aromatic heterocycles. The molecule has 2 fully saturated rings. The summed E-state index contributed by atoms with van der Waals surface area (Å²) in [4.78, 5) is 41.6. The van der Waals surface area contributed by atoms with Crippen LogP contribution in [0.1, 0.15) is 65.2 Å². The lowest BCUT2D eigenvalue weighted by molar-refractivity contribution is 0.0556. The monoisotopic (exact) mass is 539 g/mol. The molecular weight excluding hydrogens is 514 g/mol. The SMILES string of the molecule is CC(=O)c1c([C@@H]2C[C@H]3CC[C@@H](C2)N3C(=O)c2nnc[nH]2)nc2c(-c3ccc(-c4nnn(C)n4)nc3)cnn2c1N. The maximum atomic E-state index is 13.1. The van der Waals surface area contributed by atoms with Crippen LogP contribution >= 0.6 is 0 Å². The summed E-state index contributed by atoms with van der Waals surface area (Å²) in [6.45, 7) is 1.49. The number of nitrogens with two attached hydrogens (primary N) is 1. The van der Waals surface area contributed by atoms with Gasteiger partial charge in [0.15, 0.2) is 11.4 Å². The number of aromatic amines is 1. The van der Waals surface area contributed by atoms with Crippen molar-refractivity contribution in [1.29, 1.82) is 0 Å². The smallest absolute Gasteiger partial charge is 0.292 e. The molecule has 7 rings (SSSR count). The van der Waals surface area contributed by atoms with Gasteiger partial charge in [0.2, 0.25) is 11.6 Å². The van der Waals surface area contributed by atoms with Crippen LogP contribution in [0, 0.1) is 0 Å². The molecule has 15 nitrogen and oxygen atoms in total. The van der Waals surface area contributed by atoms with E-state index >= 15 is 0 Å². The van der Waals surface area contributed by atoms with E-state index in [2.05, 4.69) is 40.7 Å². The largest absolute Gasteiger partial charge is 0.383 e. The second kappa shape index (κ2) is 9.00. The number of nitrogens with zero attached hydrogens (tertiary/aromatic N) is 11. The van der Waals surface area contributed by atoms with Crippen LogP contribution in [-0.4, -0.2) is 83.6 Å². The fraction of sp³-hybridized carbons (Fsp3) is 0.360. The Bertz CT molecular complexity index is 1740. The highest BCUT2D eigenvalue weighted by molar-refractivity contribution is 6.00. The van der Waals surface area contributed by atoms with Gasteiger partial charge in [-0.25, -0.2) is 4.98 Å². The van der Waals surface area contributed by atoms with Crippen LogP contribution in [0.25, 0.3) is 28.3 Å². The Hall–Kier alpha value is -5.08. The molecule has 0 saturated carbocycles. The number of nitrogen functional groups attached to an aromatic ring is 1. The maximum absolute atomic E-state index is 13.1. The van der Waals surface area contributed by atoms with E-state index in [4.69, 9.17) is 10.7 Å². The molecule has 2 aliphatic rings. The molecule has 0 aromatic carbocycles. The normalized spacial score (nSPS) is 20.4. The molecule has 3 N–H and O–H groups in total. The van der Waals surface area contributed by atoms with Crippen molar-refractivity contribution < 1.29 is 9.59 Å². The average Bonchev–Trinajstić information content (AvgIpc) is 3.75. The summed E-state index contributed by atoms with van der Waals surface area (Å²) in [7, 11) is 1.69. The first kappa shape index (κ1) is 24.0. The lowest BCUT2D eigenvalue weighted by Crippen LogP contribution is -2.46.